The number of benzene rings is 2. The van der Waals surface area contributed by atoms with Crippen molar-refractivity contribution in [2.24, 2.45) is 5.92 Å². The number of halogens is 1. The third-order valence-electron chi connectivity index (χ3n) is 6.12. The van der Waals surface area contributed by atoms with Gasteiger partial charge in [-0.15, -0.1) is 5.10 Å². The molecule has 1 aromatic heterocycles. The molecule has 1 fully saturated rings. The maximum absolute atomic E-state index is 13.7. The van der Waals surface area contributed by atoms with Gasteiger partial charge in [-0.3, -0.25) is 9.59 Å². The van der Waals surface area contributed by atoms with Crippen molar-refractivity contribution < 1.29 is 14.0 Å². The first-order chi connectivity index (χ1) is 16.0. The molecule has 0 bridgehead atoms. The Labute approximate surface area is 191 Å². The van der Waals surface area contributed by atoms with Crippen LogP contribution in [0.25, 0.3) is 0 Å². The molecule has 8 nitrogen and oxygen atoms in total. The number of amides is 2. The molecule has 0 radical (unpaired) electrons. The fourth-order valence-corrected chi connectivity index (χ4v) is 4.10. The predicted octanol–water partition coefficient (Wildman–Crippen LogP) is 2.46. The molecule has 1 unspecified atom stereocenters. The second-order valence-corrected chi connectivity index (χ2v) is 8.40. The van der Waals surface area contributed by atoms with Crippen LogP contribution in [-0.4, -0.2) is 50.0 Å². The van der Waals surface area contributed by atoms with Gasteiger partial charge in [0.25, 0.3) is 0 Å². The van der Waals surface area contributed by atoms with E-state index in [0.717, 1.165) is 11.1 Å². The molecule has 172 valence electrons. The zero-order valence-corrected chi connectivity index (χ0v) is 18.5. The van der Waals surface area contributed by atoms with E-state index in [1.807, 2.05) is 36.4 Å². The van der Waals surface area contributed by atoms with E-state index in [1.165, 1.54) is 17.1 Å². The number of carbonyl (C=O) groups excluding carboxylic acids is 2. The molecule has 3 aromatic rings. The monoisotopic (exact) mass is 450 g/mol. The van der Waals surface area contributed by atoms with Gasteiger partial charge in [-0.1, -0.05) is 42.5 Å². The number of tetrazole rings is 1. The lowest BCUT2D eigenvalue weighted by molar-refractivity contribution is -0.138. The average molecular weight is 451 g/mol. The van der Waals surface area contributed by atoms with Crippen LogP contribution in [0.3, 0.4) is 0 Å². The molecule has 2 amide bonds. The largest absolute Gasteiger partial charge is 0.352 e. The number of piperidine rings is 1. The van der Waals surface area contributed by atoms with Gasteiger partial charge >= 0.3 is 0 Å². The number of rotatable bonds is 7. The Balaban J connectivity index is 1.33. The van der Waals surface area contributed by atoms with Crippen LogP contribution < -0.4 is 5.32 Å². The molecule has 4 rings (SSSR count). The Morgan fingerprint density at radius 3 is 2.55 bits per heavy atom. The predicted molar refractivity (Wildman–Crippen MR) is 119 cm³/mol. The first kappa shape index (κ1) is 22.6. The summed E-state index contributed by atoms with van der Waals surface area (Å²) >= 11 is 0. The van der Waals surface area contributed by atoms with E-state index in [1.54, 1.807) is 17.9 Å². The van der Waals surface area contributed by atoms with Crippen molar-refractivity contribution in [1.29, 1.82) is 0 Å². The van der Waals surface area contributed by atoms with Crippen LogP contribution in [0.4, 0.5) is 4.39 Å². The molecular formula is C24H27FN6O2. The van der Waals surface area contributed by atoms with Crippen LogP contribution in [0.15, 0.2) is 54.9 Å². The Morgan fingerprint density at radius 2 is 1.88 bits per heavy atom. The van der Waals surface area contributed by atoms with Crippen LogP contribution in [-0.2, 0) is 22.6 Å². The summed E-state index contributed by atoms with van der Waals surface area (Å²) in [7, 11) is 0. The SMILES string of the molecule is Cc1ccc(CNC(=O)C2CCN(C(=O)C(Cc3ccccc3)n3cnnn3)CC2)cc1F. The summed E-state index contributed by atoms with van der Waals surface area (Å²) in [4.78, 5) is 27.7. The number of hydrogen-bond acceptors (Lipinski definition) is 5. The van der Waals surface area contributed by atoms with Crippen molar-refractivity contribution in [3.8, 4) is 0 Å². The molecule has 1 aliphatic rings. The van der Waals surface area contributed by atoms with Gasteiger partial charge in [0, 0.05) is 32.0 Å². The maximum atomic E-state index is 13.7. The van der Waals surface area contributed by atoms with Crippen LogP contribution in [0.1, 0.15) is 35.6 Å². The van der Waals surface area contributed by atoms with Crippen LogP contribution in [0.5, 0.6) is 0 Å². The minimum Gasteiger partial charge on any atom is -0.352 e. The van der Waals surface area contributed by atoms with Gasteiger partial charge in [-0.2, -0.15) is 0 Å². The van der Waals surface area contributed by atoms with Crippen LogP contribution >= 0.6 is 0 Å². The van der Waals surface area contributed by atoms with Crippen molar-refractivity contribution in [3.05, 3.63) is 77.4 Å². The van der Waals surface area contributed by atoms with E-state index < -0.39 is 6.04 Å². The molecule has 2 aromatic carbocycles. The van der Waals surface area contributed by atoms with Crippen molar-refractivity contribution in [1.82, 2.24) is 30.4 Å². The highest BCUT2D eigenvalue weighted by atomic mass is 19.1. The standard InChI is InChI=1S/C24H27FN6O2/c1-17-7-8-19(13-21(17)25)15-26-23(32)20-9-11-30(12-10-20)24(33)22(31-16-27-28-29-31)14-18-5-3-2-4-6-18/h2-8,13,16,20,22H,9-12,14-15H2,1H3,(H,26,32). The molecule has 9 heteroatoms. The summed E-state index contributed by atoms with van der Waals surface area (Å²) in [5.74, 6) is -0.573. The minimum atomic E-state index is -0.538. The van der Waals surface area contributed by atoms with E-state index in [4.69, 9.17) is 0 Å². The summed E-state index contributed by atoms with van der Waals surface area (Å²) in [6, 6.07) is 14.2. The van der Waals surface area contributed by atoms with Crippen LogP contribution in [0.2, 0.25) is 0 Å². The molecule has 0 saturated carbocycles. The zero-order chi connectivity index (χ0) is 23.2. The normalized spacial score (nSPS) is 15.3. The van der Waals surface area contributed by atoms with E-state index in [0.29, 0.717) is 37.9 Å². The Morgan fingerprint density at radius 1 is 1.12 bits per heavy atom. The van der Waals surface area contributed by atoms with Gasteiger partial charge < -0.3 is 10.2 Å². The number of aromatic nitrogens is 4. The highest BCUT2D eigenvalue weighted by Crippen LogP contribution is 2.22. The van der Waals surface area contributed by atoms with Crippen LogP contribution in [0, 0.1) is 18.7 Å². The number of carbonyl (C=O) groups is 2. The number of nitrogens with one attached hydrogen (secondary N) is 1. The molecule has 33 heavy (non-hydrogen) atoms. The average Bonchev–Trinajstić information content (AvgIpc) is 3.38. The molecule has 1 saturated heterocycles. The zero-order valence-electron chi connectivity index (χ0n) is 18.5. The second-order valence-electron chi connectivity index (χ2n) is 8.40. The van der Waals surface area contributed by atoms with Gasteiger partial charge in [-0.25, -0.2) is 9.07 Å². The maximum Gasteiger partial charge on any atom is 0.247 e. The molecule has 0 aliphatic carbocycles. The molecule has 2 heterocycles. The highest BCUT2D eigenvalue weighted by Gasteiger charge is 2.32. The van der Waals surface area contributed by atoms with E-state index in [2.05, 4.69) is 20.8 Å². The van der Waals surface area contributed by atoms with E-state index >= 15 is 0 Å². The Bertz CT molecular complexity index is 1080. The third kappa shape index (κ3) is 5.60. The van der Waals surface area contributed by atoms with Gasteiger partial charge in [-0.05, 0) is 52.9 Å². The summed E-state index contributed by atoms with van der Waals surface area (Å²) in [5.41, 5.74) is 2.33. The van der Waals surface area contributed by atoms with Gasteiger partial charge in [0.15, 0.2) is 0 Å². The molecule has 0 spiro atoms. The molecule has 1 aliphatic heterocycles. The second kappa shape index (κ2) is 10.3. The van der Waals surface area contributed by atoms with Crippen molar-refractivity contribution in [2.45, 2.75) is 38.8 Å². The fourth-order valence-electron chi connectivity index (χ4n) is 4.10. The third-order valence-corrected chi connectivity index (χ3v) is 6.12. The van der Waals surface area contributed by atoms with Gasteiger partial charge in [0.05, 0.1) is 0 Å². The molecular weight excluding hydrogens is 423 g/mol. The van der Waals surface area contributed by atoms with E-state index in [-0.39, 0.29) is 30.1 Å². The minimum absolute atomic E-state index is 0.0554. The quantitative estimate of drug-likeness (QED) is 0.597. The van der Waals surface area contributed by atoms with Gasteiger partial charge in [0.2, 0.25) is 11.8 Å². The Kier molecular flexibility index (Phi) is 7.07. The van der Waals surface area contributed by atoms with Crippen molar-refractivity contribution in [2.75, 3.05) is 13.1 Å². The summed E-state index contributed by atoms with van der Waals surface area (Å²) in [6.07, 6.45) is 3.10. The summed E-state index contributed by atoms with van der Waals surface area (Å²) < 4.78 is 15.2. The Hall–Kier alpha value is -3.62. The first-order valence-electron chi connectivity index (χ1n) is 11.1. The topological polar surface area (TPSA) is 93.0 Å². The fraction of sp³-hybridized carbons (Fsp3) is 0.375. The highest BCUT2D eigenvalue weighted by molar-refractivity contribution is 5.82. The summed E-state index contributed by atoms with van der Waals surface area (Å²) in [6.45, 7) is 2.97. The lowest BCUT2D eigenvalue weighted by atomic mass is 9.94. The summed E-state index contributed by atoms with van der Waals surface area (Å²) in [5, 5.41) is 14.2. The van der Waals surface area contributed by atoms with Crippen molar-refractivity contribution in [3.63, 3.8) is 0 Å². The van der Waals surface area contributed by atoms with E-state index in [9.17, 15) is 14.0 Å². The van der Waals surface area contributed by atoms with Gasteiger partial charge in [0.1, 0.15) is 18.2 Å². The number of likely N-dealkylation sites (tertiary alicyclic amines) is 1. The molecule has 1 atom stereocenters. The number of aryl methyl sites for hydroxylation is 1. The van der Waals surface area contributed by atoms with Crippen molar-refractivity contribution >= 4 is 11.8 Å². The number of hydrogen-bond donors (Lipinski definition) is 1. The lowest BCUT2D eigenvalue weighted by Gasteiger charge is -2.33. The smallest absolute Gasteiger partial charge is 0.247 e. The lowest BCUT2D eigenvalue weighted by Crippen LogP contribution is -2.45. The number of nitrogens with zero attached hydrogens (tertiary/aromatic N) is 5. The first-order valence-corrected chi connectivity index (χ1v) is 11.1. The molecule has 1 N–H and O–H groups in total.